The second-order valence-corrected chi connectivity index (χ2v) is 7.34. The Morgan fingerprint density at radius 2 is 1.93 bits per heavy atom. The highest BCUT2D eigenvalue weighted by atomic mass is 16.5. The summed E-state index contributed by atoms with van der Waals surface area (Å²) in [5, 5.41) is 10.3. The predicted octanol–water partition coefficient (Wildman–Crippen LogP) is 5.85. The first-order valence-electron chi connectivity index (χ1n) is 10.2. The van der Waals surface area contributed by atoms with Gasteiger partial charge in [-0.05, 0) is 49.2 Å². The Labute approximate surface area is 175 Å². The van der Waals surface area contributed by atoms with Crippen molar-refractivity contribution >= 4 is 11.0 Å². The summed E-state index contributed by atoms with van der Waals surface area (Å²) in [5.74, 6) is 2.24. The highest BCUT2D eigenvalue weighted by Gasteiger charge is 2.15. The van der Waals surface area contributed by atoms with Crippen LogP contribution in [0.2, 0.25) is 0 Å². The minimum atomic E-state index is -0.428. The molecule has 30 heavy (non-hydrogen) atoms. The summed E-state index contributed by atoms with van der Waals surface area (Å²) < 4.78 is 17.5. The average Bonchev–Trinajstić information content (AvgIpc) is 3.34. The maximum Gasteiger partial charge on any atom is 0.226 e. The Hall–Kier alpha value is -3.36. The molecule has 0 bridgehead atoms. The summed E-state index contributed by atoms with van der Waals surface area (Å²) in [7, 11) is 0. The minimum absolute atomic E-state index is 0.428. The Bertz CT molecular complexity index is 1170. The van der Waals surface area contributed by atoms with Crippen molar-refractivity contribution in [1.29, 1.82) is 5.26 Å². The lowest BCUT2D eigenvalue weighted by molar-refractivity contribution is 0.0908. The van der Waals surface area contributed by atoms with E-state index in [0.29, 0.717) is 25.3 Å². The van der Waals surface area contributed by atoms with E-state index in [4.69, 9.17) is 13.6 Å². The predicted molar refractivity (Wildman–Crippen MR) is 115 cm³/mol. The van der Waals surface area contributed by atoms with Crippen LogP contribution >= 0.6 is 0 Å². The molecule has 152 valence electrons. The van der Waals surface area contributed by atoms with Gasteiger partial charge >= 0.3 is 0 Å². The number of nitriles is 1. The van der Waals surface area contributed by atoms with E-state index in [-0.39, 0.29) is 0 Å². The van der Waals surface area contributed by atoms with Crippen LogP contribution in [0.5, 0.6) is 0 Å². The lowest BCUT2D eigenvalue weighted by Gasteiger charge is -2.09. The smallest absolute Gasteiger partial charge is 0.226 e. The summed E-state index contributed by atoms with van der Waals surface area (Å²) in [6.45, 7) is 4.55. The maximum absolute atomic E-state index is 9.30. The number of aromatic nitrogens is 1. The molecule has 4 rings (SSSR count). The lowest BCUT2D eigenvalue weighted by atomic mass is 10.1. The second kappa shape index (κ2) is 8.98. The van der Waals surface area contributed by atoms with Gasteiger partial charge in [0.15, 0.2) is 0 Å². The number of rotatable bonds is 8. The summed E-state index contributed by atoms with van der Waals surface area (Å²) in [5.41, 5.74) is 3.70. The highest BCUT2D eigenvalue weighted by Crippen LogP contribution is 2.26. The quantitative estimate of drug-likeness (QED) is 0.371. The number of ether oxygens (including phenoxy) is 1. The summed E-state index contributed by atoms with van der Waals surface area (Å²) in [6.07, 6.45) is 1.60. The molecule has 0 aliphatic heterocycles. The third-order valence-corrected chi connectivity index (χ3v) is 4.98. The number of hydrogen-bond donors (Lipinski definition) is 0. The van der Waals surface area contributed by atoms with Crippen molar-refractivity contribution < 1.29 is 13.6 Å². The van der Waals surface area contributed by atoms with Crippen LogP contribution in [0.3, 0.4) is 0 Å². The molecule has 1 atom stereocenters. The van der Waals surface area contributed by atoms with Gasteiger partial charge in [-0.2, -0.15) is 5.26 Å². The number of aryl methyl sites for hydroxylation is 1. The van der Waals surface area contributed by atoms with E-state index in [1.54, 1.807) is 0 Å². The Kier molecular flexibility index (Phi) is 5.97. The van der Waals surface area contributed by atoms with E-state index < -0.39 is 6.10 Å². The van der Waals surface area contributed by atoms with E-state index in [0.717, 1.165) is 45.7 Å². The molecule has 0 spiro atoms. The van der Waals surface area contributed by atoms with E-state index in [1.807, 2.05) is 62.4 Å². The van der Waals surface area contributed by atoms with Crippen LogP contribution < -0.4 is 0 Å². The normalized spacial score (nSPS) is 12.2. The van der Waals surface area contributed by atoms with Crippen molar-refractivity contribution in [2.24, 2.45) is 0 Å². The first-order chi connectivity index (χ1) is 14.7. The Balaban J connectivity index is 1.52. The molecule has 0 aliphatic carbocycles. The van der Waals surface area contributed by atoms with Crippen molar-refractivity contribution in [3.63, 3.8) is 0 Å². The van der Waals surface area contributed by atoms with Gasteiger partial charge in [0.25, 0.3) is 0 Å². The van der Waals surface area contributed by atoms with E-state index in [9.17, 15) is 5.26 Å². The zero-order chi connectivity index (χ0) is 20.9. The van der Waals surface area contributed by atoms with Crippen LogP contribution in [0.15, 0.2) is 63.4 Å². The number of furan rings is 1. The molecular formula is C25H24N2O3. The fraction of sp³-hybridized carbons (Fsp3) is 0.280. The van der Waals surface area contributed by atoms with Crippen LogP contribution in [0.25, 0.3) is 22.4 Å². The molecule has 2 aromatic carbocycles. The highest BCUT2D eigenvalue weighted by molar-refractivity contribution is 5.78. The molecule has 1 unspecified atom stereocenters. The number of nitrogens with zero attached hydrogens (tertiary/aromatic N) is 2. The molecule has 0 aliphatic rings. The standard InChI is InChI=1S/C25H24N2O3/c1-3-11-28-22(16-26)13-18-9-10-24-20(12-18)14-21(30-24)15-23-17(2)29-25(27-23)19-7-5-4-6-8-19/h4-10,12,14,22H,3,11,13,15H2,1-2H3. The molecule has 5 nitrogen and oxygen atoms in total. The third kappa shape index (κ3) is 4.45. The third-order valence-electron chi connectivity index (χ3n) is 4.98. The SMILES string of the molecule is CCCOC(C#N)Cc1ccc2oc(Cc3nc(-c4ccccc4)oc3C)cc2c1. The van der Waals surface area contributed by atoms with Gasteiger partial charge in [0.1, 0.15) is 23.2 Å². The van der Waals surface area contributed by atoms with E-state index in [2.05, 4.69) is 17.1 Å². The summed E-state index contributed by atoms with van der Waals surface area (Å²) in [4.78, 5) is 4.66. The van der Waals surface area contributed by atoms with Gasteiger partial charge in [0, 0.05) is 24.0 Å². The molecule has 0 saturated carbocycles. The number of fused-ring (bicyclic) bond motifs is 1. The molecule has 2 aromatic heterocycles. The molecule has 4 aromatic rings. The van der Waals surface area contributed by atoms with E-state index >= 15 is 0 Å². The first-order valence-corrected chi connectivity index (χ1v) is 10.2. The molecule has 0 radical (unpaired) electrons. The Morgan fingerprint density at radius 3 is 2.70 bits per heavy atom. The fourth-order valence-corrected chi connectivity index (χ4v) is 3.44. The fourth-order valence-electron chi connectivity index (χ4n) is 3.44. The van der Waals surface area contributed by atoms with Gasteiger partial charge in [0.05, 0.1) is 18.2 Å². The van der Waals surface area contributed by atoms with Crippen LogP contribution in [0, 0.1) is 18.3 Å². The average molecular weight is 400 g/mol. The van der Waals surface area contributed by atoms with Gasteiger partial charge in [-0.1, -0.05) is 31.2 Å². The van der Waals surface area contributed by atoms with Gasteiger partial charge in [-0.3, -0.25) is 0 Å². The molecule has 2 heterocycles. The van der Waals surface area contributed by atoms with Crippen molar-refractivity contribution in [1.82, 2.24) is 4.98 Å². The zero-order valence-corrected chi connectivity index (χ0v) is 17.2. The van der Waals surface area contributed by atoms with Gasteiger partial charge < -0.3 is 13.6 Å². The maximum atomic E-state index is 9.30. The molecule has 0 N–H and O–H groups in total. The summed E-state index contributed by atoms with van der Waals surface area (Å²) in [6, 6.07) is 20.1. The molecule has 5 heteroatoms. The monoisotopic (exact) mass is 400 g/mol. The lowest BCUT2D eigenvalue weighted by Crippen LogP contribution is -2.14. The van der Waals surface area contributed by atoms with Crippen molar-refractivity contribution in [2.45, 2.75) is 39.2 Å². The van der Waals surface area contributed by atoms with Crippen LogP contribution in [0.1, 0.15) is 36.1 Å². The van der Waals surface area contributed by atoms with Crippen molar-refractivity contribution in [3.8, 4) is 17.5 Å². The second-order valence-electron chi connectivity index (χ2n) is 7.34. The van der Waals surface area contributed by atoms with Gasteiger partial charge in [-0.25, -0.2) is 4.98 Å². The topological polar surface area (TPSA) is 72.2 Å². The van der Waals surface area contributed by atoms with Crippen molar-refractivity contribution in [2.75, 3.05) is 6.61 Å². The van der Waals surface area contributed by atoms with Crippen molar-refractivity contribution in [3.05, 3.63) is 77.4 Å². The zero-order valence-electron chi connectivity index (χ0n) is 17.2. The first kappa shape index (κ1) is 19.9. The van der Waals surface area contributed by atoms with Crippen LogP contribution in [-0.2, 0) is 17.6 Å². The number of benzene rings is 2. The van der Waals surface area contributed by atoms with Crippen LogP contribution in [0.4, 0.5) is 0 Å². The minimum Gasteiger partial charge on any atom is -0.461 e. The van der Waals surface area contributed by atoms with E-state index in [1.165, 1.54) is 0 Å². The molecule has 0 fully saturated rings. The number of hydrogen-bond acceptors (Lipinski definition) is 5. The molecular weight excluding hydrogens is 376 g/mol. The molecule has 0 amide bonds. The summed E-state index contributed by atoms with van der Waals surface area (Å²) >= 11 is 0. The Morgan fingerprint density at radius 1 is 1.10 bits per heavy atom. The molecule has 0 saturated heterocycles. The largest absolute Gasteiger partial charge is 0.461 e. The van der Waals surface area contributed by atoms with Gasteiger partial charge in [-0.15, -0.1) is 0 Å². The number of oxazole rings is 1. The van der Waals surface area contributed by atoms with Crippen LogP contribution in [-0.4, -0.2) is 17.7 Å². The van der Waals surface area contributed by atoms with Gasteiger partial charge in [0.2, 0.25) is 5.89 Å².